The number of hydrogen-bond donors (Lipinski definition) is 0. The van der Waals surface area contributed by atoms with Crippen molar-refractivity contribution in [2.75, 3.05) is 0 Å². The quantitative estimate of drug-likeness (QED) is 0.434. The van der Waals surface area contributed by atoms with Crippen molar-refractivity contribution < 1.29 is 9.53 Å². The summed E-state index contributed by atoms with van der Waals surface area (Å²) in [5.74, 6) is -0.252. The number of hydrogen-bond acceptors (Lipinski definition) is 2. The first-order chi connectivity index (χ1) is 12.5. The molecule has 0 N–H and O–H groups in total. The van der Waals surface area contributed by atoms with Gasteiger partial charge in [0.1, 0.15) is 6.10 Å². The van der Waals surface area contributed by atoms with Crippen LogP contribution in [0.15, 0.2) is 54.6 Å². The van der Waals surface area contributed by atoms with Crippen molar-refractivity contribution in [2.45, 2.75) is 24.9 Å². The molecule has 0 bridgehead atoms. The summed E-state index contributed by atoms with van der Waals surface area (Å²) in [6, 6.07) is 13.4. The third-order valence-electron chi connectivity index (χ3n) is 5.43. The Hall–Kier alpha value is -1.48. The maximum atomic E-state index is 12.3. The van der Waals surface area contributed by atoms with Gasteiger partial charge in [-0.2, -0.15) is 0 Å². The summed E-state index contributed by atoms with van der Waals surface area (Å²) in [7, 11) is 0. The molecule has 26 heavy (non-hydrogen) atoms. The van der Waals surface area contributed by atoms with E-state index in [4.69, 9.17) is 39.5 Å². The van der Waals surface area contributed by atoms with Crippen LogP contribution in [0.3, 0.4) is 0 Å². The van der Waals surface area contributed by atoms with Crippen molar-refractivity contribution in [3.05, 3.63) is 80.8 Å². The lowest BCUT2D eigenvalue weighted by molar-refractivity contribution is -0.142. The fourth-order valence-electron chi connectivity index (χ4n) is 4.29. The monoisotopic (exact) mass is 406 g/mol. The molecule has 4 rings (SSSR count). The first-order valence-electron chi connectivity index (χ1n) is 8.55. The average Bonchev–Trinajstić information content (AvgIpc) is 2.90. The Morgan fingerprint density at radius 1 is 0.885 bits per heavy atom. The number of ether oxygens (including phenoxy) is 1. The average molecular weight is 408 g/mol. The Labute approximate surface area is 167 Å². The van der Waals surface area contributed by atoms with Crippen LogP contribution >= 0.6 is 34.8 Å². The Morgan fingerprint density at radius 3 is 2.23 bits per heavy atom. The number of halogens is 3. The summed E-state index contributed by atoms with van der Waals surface area (Å²) in [6.07, 6.45) is 3.89. The van der Waals surface area contributed by atoms with E-state index in [1.54, 1.807) is 6.07 Å². The SMILES string of the molecule is C[C@H]1OC(=O)[C@@H]2C=C[C@@H](c3ccc(Cl)cc3Cl)[C@H](c3ccc(Cl)cc3)C12. The molecule has 1 saturated heterocycles. The minimum Gasteiger partial charge on any atom is -0.462 e. The summed E-state index contributed by atoms with van der Waals surface area (Å²) >= 11 is 18.7. The van der Waals surface area contributed by atoms with E-state index in [0.29, 0.717) is 15.1 Å². The Morgan fingerprint density at radius 2 is 1.54 bits per heavy atom. The molecular weight excluding hydrogens is 391 g/mol. The number of carbonyl (C=O) groups is 1. The fraction of sp³-hybridized carbons (Fsp3) is 0.286. The second-order valence-corrected chi connectivity index (χ2v) is 8.18. The molecule has 1 heterocycles. The number of carbonyl (C=O) groups excluding carboxylic acids is 1. The maximum Gasteiger partial charge on any atom is 0.313 e. The zero-order chi connectivity index (χ0) is 18.4. The zero-order valence-electron chi connectivity index (χ0n) is 14.0. The second kappa shape index (κ2) is 6.92. The van der Waals surface area contributed by atoms with Crippen molar-refractivity contribution in [2.24, 2.45) is 11.8 Å². The Balaban J connectivity index is 1.85. The highest BCUT2D eigenvalue weighted by Gasteiger charge is 2.50. The summed E-state index contributed by atoms with van der Waals surface area (Å²) in [5.41, 5.74) is 2.12. The second-order valence-electron chi connectivity index (χ2n) is 6.90. The van der Waals surface area contributed by atoms with Crippen LogP contribution < -0.4 is 0 Å². The predicted molar refractivity (Wildman–Crippen MR) is 105 cm³/mol. The maximum absolute atomic E-state index is 12.3. The van der Waals surface area contributed by atoms with Crippen LogP contribution in [0, 0.1) is 11.8 Å². The molecule has 2 aromatic carbocycles. The van der Waals surface area contributed by atoms with Crippen LogP contribution in [-0.4, -0.2) is 12.1 Å². The minimum atomic E-state index is -0.229. The van der Waals surface area contributed by atoms with E-state index >= 15 is 0 Å². The van der Waals surface area contributed by atoms with Gasteiger partial charge in [-0.3, -0.25) is 4.79 Å². The number of allylic oxidation sites excluding steroid dienone is 1. The molecule has 2 aromatic rings. The van der Waals surface area contributed by atoms with Crippen molar-refractivity contribution in [1.29, 1.82) is 0 Å². The molecule has 5 atom stereocenters. The van der Waals surface area contributed by atoms with Gasteiger partial charge in [0, 0.05) is 32.8 Å². The van der Waals surface area contributed by atoms with Gasteiger partial charge in [0.05, 0.1) is 5.92 Å². The molecule has 0 saturated carbocycles. The Kier molecular flexibility index (Phi) is 4.77. The molecule has 1 aliphatic carbocycles. The van der Waals surface area contributed by atoms with Gasteiger partial charge in [-0.05, 0) is 42.3 Å². The summed E-state index contributed by atoms with van der Waals surface area (Å²) in [4.78, 5) is 12.3. The third kappa shape index (κ3) is 3.05. The first-order valence-corrected chi connectivity index (χ1v) is 9.68. The van der Waals surface area contributed by atoms with Gasteiger partial charge < -0.3 is 4.74 Å². The van der Waals surface area contributed by atoms with E-state index in [1.165, 1.54) is 0 Å². The summed E-state index contributed by atoms with van der Waals surface area (Å²) < 4.78 is 5.55. The minimum absolute atomic E-state index is 0.0270. The van der Waals surface area contributed by atoms with Crippen LogP contribution in [0.2, 0.25) is 15.1 Å². The largest absolute Gasteiger partial charge is 0.462 e. The molecular formula is C21H17Cl3O2. The lowest BCUT2D eigenvalue weighted by Crippen LogP contribution is -2.32. The predicted octanol–water partition coefficient (Wildman–Crippen LogP) is 6.26. The molecule has 1 unspecified atom stereocenters. The standard InChI is InChI=1S/C21H17Cl3O2/c1-11-19-17(21(25)26-11)9-8-16(15-7-6-14(23)10-18(15)24)20(19)12-2-4-13(22)5-3-12/h2-11,16-17,19-20H,1H3/t11-,16+,17-,19?,20+/m1/s1. The smallest absolute Gasteiger partial charge is 0.313 e. The van der Waals surface area contributed by atoms with Crippen molar-refractivity contribution in [3.8, 4) is 0 Å². The van der Waals surface area contributed by atoms with Gasteiger partial charge in [0.25, 0.3) is 0 Å². The molecule has 0 amide bonds. The van der Waals surface area contributed by atoms with E-state index in [1.807, 2.05) is 49.4 Å². The van der Waals surface area contributed by atoms with Crippen molar-refractivity contribution in [1.82, 2.24) is 0 Å². The molecule has 1 fully saturated rings. The van der Waals surface area contributed by atoms with Gasteiger partial charge in [-0.15, -0.1) is 0 Å². The lowest BCUT2D eigenvalue weighted by atomic mass is 9.65. The highest BCUT2D eigenvalue weighted by molar-refractivity contribution is 6.35. The number of rotatable bonds is 2. The summed E-state index contributed by atoms with van der Waals surface area (Å²) in [5, 5.41) is 1.92. The van der Waals surface area contributed by atoms with Crippen LogP contribution in [0.4, 0.5) is 0 Å². The van der Waals surface area contributed by atoms with Gasteiger partial charge in [0.2, 0.25) is 0 Å². The van der Waals surface area contributed by atoms with E-state index < -0.39 is 0 Å². The highest BCUT2D eigenvalue weighted by Crippen LogP contribution is 2.52. The number of cyclic esters (lactones) is 1. The van der Waals surface area contributed by atoms with Gasteiger partial charge in [-0.25, -0.2) is 0 Å². The number of fused-ring (bicyclic) bond motifs is 1. The van der Waals surface area contributed by atoms with Gasteiger partial charge in [-0.1, -0.05) is 65.2 Å². The summed E-state index contributed by atoms with van der Waals surface area (Å²) in [6.45, 7) is 1.96. The van der Waals surface area contributed by atoms with E-state index in [9.17, 15) is 4.79 Å². The fourth-order valence-corrected chi connectivity index (χ4v) is 4.95. The van der Waals surface area contributed by atoms with Gasteiger partial charge in [0.15, 0.2) is 0 Å². The normalized spacial score (nSPS) is 30.2. The molecule has 0 spiro atoms. The van der Waals surface area contributed by atoms with Gasteiger partial charge >= 0.3 is 5.97 Å². The van der Waals surface area contributed by atoms with Crippen molar-refractivity contribution >= 4 is 40.8 Å². The van der Waals surface area contributed by atoms with E-state index in [0.717, 1.165) is 11.1 Å². The molecule has 5 heteroatoms. The molecule has 0 aromatic heterocycles. The molecule has 0 radical (unpaired) electrons. The highest BCUT2D eigenvalue weighted by atomic mass is 35.5. The van der Waals surface area contributed by atoms with E-state index in [2.05, 4.69) is 6.08 Å². The number of esters is 1. The Bertz CT molecular complexity index is 875. The molecule has 2 aliphatic rings. The van der Waals surface area contributed by atoms with E-state index in [-0.39, 0.29) is 35.7 Å². The van der Waals surface area contributed by atoms with Crippen LogP contribution in [0.5, 0.6) is 0 Å². The lowest BCUT2D eigenvalue weighted by Gasteiger charge is -2.37. The van der Waals surface area contributed by atoms with Crippen molar-refractivity contribution in [3.63, 3.8) is 0 Å². The first kappa shape index (κ1) is 17.9. The van der Waals surface area contributed by atoms with Crippen LogP contribution in [0.1, 0.15) is 29.9 Å². The molecule has 2 nitrogen and oxygen atoms in total. The van der Waals surface area contributed by atoms with Crippen LogP contribution in [0.25, 0.3) is 0 Å². The molecule has 134 valence electrons. The third-order valence-corrected chi connectivity index (χ3v) is 6.25. The topological polar surface area (TPSA) is 26.3 Å². The molecule has 1 aliphatic heterocycles. The number of benzene rings is 2. The zero-order valence-corrected chi connectivity index (χ0v) is 16.3. The van der Waals surface area contributed by atoms with Crippen LogP contribution in [-0.2, 0) is 9.53 Å².